The second kappa shape index (κ2) is 6.64. The van der Waals surface area contributed by atoms with Crippen LogP contribution in [-0.2, 0) is 0 Å². The average Bonchev–Trinajstić information content (AvgIpc) is 2.38. The maximum atomic E-state index is 12.9. The number of nitro benzene ring substituents is 1. The summed E-state index contributed by atoms with van der Waals surface area (Å²) in [5, 5.41) is 33.3. The number of nitrogens with zero attached hydrogens (tertiary/aromatic N) is 4. The van der Waals surface area contributed by atoms with Crippen molar-refractivity contribution in [2.75, 3.05) is 6.54 Å². The van der Waals surface area contributed by atoms with Gasteiger partial charge < -0.3 is 10.2 Å². The summed E-state index contributed by atoms with van der Waals surface area (Å²) in [5.41, 5.74) is 7.26. The fourth-order valence-electron chi connectivity index (χ4n) is 1.52. The second-order valence-corrected chi connectivity index (χ2v) is 3.72. The molecule has 1 rings (SSSR count). The predicted octanol–water partition coefficient (Wildman–Crippen LogP) is 1.83. The third-order valence-corrected chi connectivity index (χ3v) is 2.46. The van der Waals surface area contributed by atoms with Gasteiger partial charge in [0.1, 0.15) is 11.9 Å². The first-order valence-corrected chi connectivity index (χ1v) is 5.28. The van der Waals surface area contributed by atoms with Gasteiger partial charge in [-0.25, -0.2) is 4.39 Å². The lowest BCUT2D eigenvalue weighted by atomic mass is 10.0. The highest BCUT2D eigenvalue weighted by atomic mass is 19.1. The Morgan fingerprint density at radius 3 is 2.79 bits per heavy atom. The summed E-state index contributed by atoms with van der Waals surface area (Å²) >= 11 is 0. The van der Waals surface area contributed by atoms with Crippen molar-refractivity contribution in [3.8, 4) is 0 Å². The topological polar surface area (TPSA) is 132 Å². The standard InChI is InChI=1S/C10H11FN4O4/c11-6-1-2-7(8(5-6)15(18)19)10(17)9(16)3-4-13-14-12/h1-2,5,9-10,16-17H,3-4H2. The molecule has 1 aromatic rings. The van der Waals surface area contributed by atoms with E-state index in [-0.39, 0.29) is 18.5 Å². The first-order valence-electron chi connectivity index (χ1n) is 5.28. The Morgan fingerprint density at radius 1 is 1.53 bits per heavy atom. The summed E-state index contributed by atoms with van der Waals surface area (Å²) in [6, 6.07) is 2.65. The Balaban J connectivity index is 2.95. The van der Waals surface area contributed by atoms with Crippen LogP contribution in [0.25, 0.3) is 10.4 Å². The van der Waals surface area contributed by atoms with Gasteiger partial charge in [0.05, 0.1) is 22.7 Å². The number of nitro groups is 1. The first-order chi connectivity index (χ1) is 8.97. The zero-order valence-corrected chi connectivity index (χ0v) is 9.68. The summed E-state index contributed by atoms with van der Waals surface area (Å²) in [5.74, 6) is -0.814. The van der Waals surface area contributed by atoms with E-state index in [2.05, 4.69) is 10.0 Å². The zero-order chi connectivity index (χ0) is 14.4. The van der Waals surface area contributed by atoms with Crippen LogP contribution in [0.3, 0.4) is 0 Å². The van der Waals surface area contributed by atoms with Crippen molar-refractivity contribution in [3.05, 3.63) is 50.1 Å². The fraction of sp³-hybridized carbons (Fsp3) is 0.400. The molecule has 2 unspecified atom stereocenters. The van der Waals surface area contributed by atoms with Gasteiger partial charge in [-0.3, -0.25) is 10.1 Å². The number of azide groups is 1. The number of hydrogen-bond acceptors (Lipinski definition) is 5. The lowest BCUT2D eigenvalue weighted by Crippen LogP contribution is -2.20. The summed E-state index contributed by atoms with van der Waals surface area (Å²) in [6.45, 7) is -0.0658. The normalized spacial score (nSPS) is 13.4. The van der Waals surface area contributed by atoms with Crippen LogP contribution >= 0.6 is 0 Å². The molecule has 0 aliphatic carbocycles. The van der Waals surface area contributed by atoms with E-state index in [1.807, 2.05) is 0 Å². The van der Waals surface area contributed by atoms with Crippen molar-refractivity contribution >= 4 is 5.69 Å². The maximum Gasteiger partial charge on any atom is 0.278 e. The molecule has 0 radical (unpaired) electrons. The van der Waals surface area contributed by atoms with Gasteiger partial charge in [-0.05, 0) is 24.1 Å². The summed E-state index contributed by atoms with van der Waals surface area (Å²) < 4.78 is 12.9. The highest BCUT2D eigenvalue weighted by Crippen LogP contribution is 2.28. The minimum atomic E-state index is -1.56. The van der Waals surface area contributed by atoms with Gasteiger partial charge in [-0.2, -0.15) is 0 Å². The van der Waals surface area contributed by atoms with E-state index in [0.29, 0.717) is 6.07 Å². The van der Waals surface area contributed by atoms with E-state index in [0.717, 1.165) is 12.1 Å². The van der Waals surface area contributed by atoms with E-state index < -0.39 is 28.6 Å². The van der Waals surface area contributed by atoms with Gasteiger partial charge in [0.25, 0.3) is 5.69 Å². The van der Waals surface area contributed by atoms with Crippen LogP contribution in [-0.4, -0.2) is 27.8 Å². The lowest BCUT2D eigenvalue weighted by molar-refractivity contribution is -0.386. The molecule has 0 fully saturated rings. The highest BCUT2D eigenvalue weighted by molar-refractivity contribution is 5.42. The van der Waals surface area contributed by atoms with Crippen LogP contribution in [0, 0.1) is 15.9 Å². The van der Waals surface area contributed by atoms with Crippen molar-refractivity contribution < 1.29 is 19.5 Å². The van der Waals surface area contributed by atoms with Crippen LogP contribution in [0.2, 0.25) is 0 Å². The molecule has 0 amide bonds. The third kappa shape index (κ3) is 3.88. The molecule has 0 aromatic heterocycles. The molecule has 1 aromatic carbocycles. The van der Waals surface area contributed by atoms with Gasteiger partial charge in [-0.1, -0.05) is 5.11 Å². The van der Waals surface area contributed by atoms with E-state index in [4.69, 9.17) is 5.53 Å². The average molecular weight is 270 g/mol. The SMILES string of the molecule is [N-]=[N+]=NCCC(O)C(O)c1ccc(F)cc1[N+](=O)[O-]. The molecule has 0 heterocycles. The number of hydrogen-bond donors (Lipinski definition) is 2. The Kier molecular flexibility index (Phi) is 5.19. The molecule has 19 heavy (non-hydrogen) atoms. The molecule has 0 saturated carbocycles. The third-order valence-electron chi connectivity index (χ3n) is 2.46. The van der Waals surface area contributed by atoms with Crippen LogP contribution in [0.5, 0.6) is 0 Å². The number of aliphatic hydroxyl groups excluding tert-OH is 2. The first kappa shape index (κ1) is 14.8. The molecule has 0 aliphatic rings. The summed E-state index contributed by atoms with van der Waals surface area (Å²) in [7, 11) is 0. The quantitative estimate of drug-likeness (QED) is 0.268. The van der Waals surface area contributed by atoms with Crippen LogP contribution in [0.4, 0.5) is 10.1 Å². The number of halogens is 1. The fourth-order valence-corrected chi connectivity index (χ4v) is 1.52. The number of benzene rings is 1. The van der Waals surface area contributed by atoms with E-state index >= 15 is 0 Å². The second-order valence-electron chi connectivity index (χ2n) is 3.72. The Morgan fingerprint density at radius 2 is 2.21 bits per heavy atom. The minimum Gasteiger partial charge on any atom is -0.390 e. The van der Waals surface area contributed by atoms with Gasteiger partial charge in [0.2, 0.25) is 0 Å². The van der Waals surface area contributed by atoms with Gasteiger partial charge >= 0.3 is 0 Å². The van der Waals surface area contributed by atoms with Gasteiger partial charge in [0, 0.05) is 11.5 Å². The minimum absolute atomic E-state index is 0.0658. The van der Waals surface area contributed by atoms with Crippen molar-refractivity contribution in [2.45, 2.75) is 18.6 Å². The largest absolute Gasteiger partial charge is 0.390 e. The molecule has 0 spiro atoms. The highest BCUT2D eigenvalue weighted by Gasteiger charge is 2.26. The molecule has 0 saturated heterocycles. The molecular weight excluding hydrogens is 259 g/mol. The molecule has 0 aliphatic heterocycles. The maximum absolute atomic E-state index is 12.9. The molecule has 0 bridgehead atoms. The smallest absolute Gasteiger partial charge is 0.278 e. The lowest BCUT2D eigenvalue weighted by Gasteiger charge is -2.17. The summed E-state index contributed by atoms with van der Waals surface area (Å²) in [4.78, 5) is 12.4. The van der Waals surface area contributed by atoms with Crippen molar-refractivity contribution in [3.63, 3.8) is 0 Å². The van der Waals surface area contributed by atoms with Gasteiger partial charge in [0.15, 0.2) is 0 Å². The molecule has 8 nitrogen and oxygen atoms in total. The van der Waals surface area contributed by atoms with Crippen molar-refractivity contribution in [1.29, 1.82) is 0 Å². The molecule has 9 heteroatoms. The number of rotatable bonds is 6. The Bertz CT molecular complexity index is 518. The monoisotopic (exact) mass is 270 g/mol. The molecule has 2 atom stereocenters. The van der Waals surface area contributed by atoms with Crippen molar-refractivity contribution in [2.24, 2.45) is 5.11 Å². The zero-order valence-electron chi connectivity index (χ0n) is 9.68. The Hall–Kier alpha value is -2.22. The van der Waals surface area contributed by atoms with E-state index in [1.165, 1.54) is 0 Å². The number of aliphatic hydroxyl groups is 2. The predicted molar refractivity (Wildman–Crippen MR) is 62.7 cm³/mol. The van der Waals surface area contributed by atoms with E-state index in [1.54, 1.807) is 0 Å². The van der Waals surface area contributed by atoms with Crippen LogP contribution in [0.1, 0.15) is 18.1 Å². The molecule has 102 valence electrons. The molecule has 2 N–H and O–H groups in total. The van der Waals surface area contributed by atoms with Crippen LogP contribution < -0.4 is 0 Å². The van der Waals surface area contributed by atoms with Crippen molar-refractivity contribution in [1.82, 2.24) is 0 Å². The van der Waals surface area contributed by atoms with Crippen LogP contribution in [0.15, 0.2) is 23.3 Å². The summed E-state index contributed by atoms with van der Waals surface area (Å²) in [6.07, 6.45) is -2.98. The van der Waals surface area contributed by atoms with Gasteiger partial charge in [-0.15, -0.1) is 0 Å². The Labute approximate surface area is 106 Å². The van der Waals surface area contributed by atoms with E-state index in [9.17, 15) is 24.7 Å². The molecular formula is C10H11FN4O4.